The Morgan fingerprint density at radius 1 is 1.27 bits per heavy atom. The van der Waals surface area contributed by atoms with Crippen LogP contribution in [0.4, 0.5) is 0 Å². The quantitative estimate of drug-likeness (QED) is 0.621. The van der Waals surface area contributed by atoms with Gasteiger partial charge in [-0.05, 0) is 19.3 Å². The summed E-state index contributed by atoms with van der Waals surface area (Å²) < 4.78 is 6.65. The van der Waals surface area contributed by atoms with Crippen LogP contribution in [-0.4, -0.2) is 46.5 Å². The number of aryl methyl sites for hydroxylation is 1. The molecule has 1 aromatic heterocycles. The predicted molar refractivity (Wildman–Crippen MR) is 84.1 cm³/mol. The van der Waals surface area contributed by atoms with Gasteiger partial charge < -0.3 is 14.2 Å². The van der Waals surface area contributed by atoms with E-state index in [1.807, 2.05) is 24.6 Å². The van der Waals surface area contributed by atoms with Gasteiger partial charge in [0.15, 0.2) is 0 Å². The number of aromatic nitrogens is 2. The molecule has 1 aromatic rings. The number of imidazole rings is 1. The number of carbonyl (C=O) groups is 2. The van der Waals surface area contributed by atoms with Crippen LogP contribution >= 0.6 is 0 Å². The Morgan fingerprint density at radius 3 is 2.55 bits per heavy atom. The van der Waals surface area contributed by atoms with Crippen LogP contribution in [0.1, 0.15) is 39.5 Å². The average Bonchev–Trinajstić information content (AvgIpc) is 3.04. The first-order valence-corrected chi connectivity index (χ1v) is 7.93. The Morgan fingerprint density at radius 2 is 2.00 bits per heavy atom. The Bertz CT molecular complexity index is 441. The van der Waals surface area contributed by atoms with Crippen LogP contribution < -0.4 is 0 Å². The van der Waals surface area contributed by atoms with Gasteiger partial charge in [0.1, 0.15) is 0 Å². The van der Waals surface area contributed by atoms with Gasteiger partial charge in [-0.1, -0.05) is 13.8 Å². The van der Waals surface area contributed by atoms with Crippen LogP contribution in [0.15, 0.2) is 18.7 Å². The topological polar surface area (TPSA) is 64.4 Å². The van der Waals surface area contributed by atoms with E-state index >= 15 is 0 Å². The van der Waals surface area contributed by atoms with Gasteiger partial charge in [0.2, 0.25) is 5.91 Å². The highest BCUT2D eigenvalue weighted by molar-refractivity contribution is 5.79. The fourth-order valence-corrected chi connectivity index (χ4v) is 2.42. The standard InChI is InChI=1S/C16H27N3O3/c1-4-14(5-2)16(21)19(11-7-15(20)22-3)10-6-9-18-12-8-17-13-18/h8,12-14H,4-7,9-11H2,1-3H3. The molecule has 0 saturated heterocycles. The zero-order valence-corrected chi connectivity index (χ0v) is 13.8. The van der Waals surface area contributed by atoms with Gasteiger partial charge >= 0.3 is 5.97 Å². The van der Waals surface area contributed by atoms with Gasteiger partial charge in [-0.2, -0.15) is 0 Å². The number of esters is 1. The number of amides is 1. The van der Waals surface area contributed by atoms with Crippen LogP contribution in [-0.2, 0) is 20.9 Å². The molecule has 1 rings (SSSR count). The monoisotopic (exact) mass is 309 g/mol. The van der Waals surface area contributed by atoms with Crippen molar-refractivity contribution in [2.45, 2.75) is 46.1 Å². The van der Waals surface area contributed by atoms with Crippen molar-refractivity contribution in [2.75, 3.05) is 20.2 Å². The molecule has 0 unspecified atom stereocenters. The molecule has 1 amide bonds. The Labute approximate surface area is 132 Å². The van der Waals surface area contributed by atoms with Gasteiger partial charge in [-0.25, -0.2) is 4.98 Å². The maximum absolute atomic E-state index is 12.6. The number of hydrogen-bond donors (Lipinski definition) is 0. The summed E-state index contributed by atoms with van der Waals surface area (Å²) in [6, 6.07) is 0. The molecule has 0 saturated carbocycles. The van der Waals surface area contributed by atoms with E-state index < -0.39 is 0 Å². The van der Waals surface area contributed by atoms with Crippen molar-refractivity contribution in [1.82, 2.24) is 14.5 Å². The normalized spacial score (nSPS) is 10.7. The Kier molecular flexibility index (Phi) is 8.25. The second kappa shape index (κ2) is 9.97. The van der Waals surface area contributed by atoms with Crippen molar-refractivity contribution >= 4 is 11.9 Å². The van der Waals surface area contributed by atoms with Crippen LogP contribution in [0.2, 0.25) is 0 Å². The first-order valence-electron chi connectivity index (χ1n) is 7.93. The lowest BCUT2D eigenvalue weighted by atomic mass is 10.0. The first kappa shape index (κ1) is 18.2. The number of carbonyl (C=O) groups excluding carboxylic acids is 2. The molecule has 0 radical (unpaired) electrons. The highest BCUT2D eigenvalue weighted by atomic mass is 16.5. The van der Waals surface area contributed by atoms with E-state index in [-0.39, 0.29) is 24.2 Å². The summed E-state index contributed by atoms with van der Waals surface area (Å²) in [5.41, 5.74) is 0. The lowest BCUT2D eigenvalue weighted by molar-refractivity contribution is -0.142. The minimum atomic E-state index is -0.281. The summed E-state index contributed by atoms with van der Waals surface area (Å²) in [4.78, 5) is 29.7. The van der Waals surface area contributed by atoms with Crippen LogP contribution in [0.25, 0.3) is 0 Å². The minimum Gasteiger partial charge on any atom is -0.469 e. The predicted octanol–water partition coefficient (Wildman–Crippen LogP) is 2.10. The second-order valence-electron chi connectivity index (χ2n) is 5.32. The number of ether oxygens (including phenoxy) is 1. The highest BCUT2D eigenvalue weighted by Gasteiger charge is 2.21. The van der Waals surface area contributed by atoms with E-state index in [1.165, 1.54) is 7.11 Å². The number of nitrogens with zero attached hydrogens (tertiary/aromatic N) is 3. The van der Waals surface area contributed by atoms with E-state index in [0.717, 1.165) is 25.8 Å². The number of hydrogen-bond acceptors (Lipinski definition) is 4. The lowest BCUT2D eigenvalue weighted by Crippen LogP contribution is -2.38. The third-order valence-electron chi connectivity index (χ3n) is 3.86. The maximum Gasteiger partial charge on any atom is 0.307 e. The van der Waals surface area contributed by atoms with Crippen molar-refractivity contribution < 1.29 is 14.3 Å². The molecular formula is C16H27N3O3. The Hall–Kier alpha value is -1.85. The van der Waals surface area contributed by atoms with E-state index in [9.17, 15) is 9.59 Å². The highest BCUT2D eigenvalue weighted by Crippen LogP contribution is 2.13. The third-order valence-corrected chi connectivity index (χ3v) is 3.86. The van der Waals surface area contributed by atoms with E-state index in [2.05, 4.69) is 9.72 Å². The van der Waals surface area contributed by atoms with Crippen molar-refractivity contribution in [1.29, 1.82) is 0 Å². The largest absolute Gasteiger partial charge is 0.469 e. The van der Waals surface area contributed by atoms with Crippen molar-refractivity contribution in [2.24, 2.45) is 5.92 Å². The summed E-state index contributed by atoms with van der Waals surface area (Å²) >= 11 is 0. The zero-order valence-electron chi connectivity index (χ0n) is 13.8. The lowest BCUT2D eigenvalue weighted by Gasteiger charge is -2.26. The number of methoxy groups -OCH3 is 1. The SMILES string of the molecule is CCC(CC)C(=O)N(CCCn1ccnc1)CCC(=O)OC. The molecule has 124 valence electrons. The van der Waals surface area contributed by atoms with Gasteiger partial charge in [0.05, 0.1) is 19.9 Å². The fourth-order valence-electron chi connectivity index (χ4n) is 2.42. The summed E-state index contributed by atoms with van der Waals surface area (Å²) in [6.45, 7) is 5.92. The smallest absolute Gasteiger partial charge is 0.307 e. The van der Waals surface area contributed by atoms with Gasteiger partial charge in [0, 0.05) is 37.9 Å². The Balaban J connectivity index is 2.55. The molecule has 0 atom stereocenters. The maximum atomic E-state index is 12.6. The van der Waals surface area contributed by atoms with Gasteiger partial charge in [-0.3, -0.25) is 9.59 Å². The third kappa shape index (κ3) is 5.87. The molecule has 1 heterocycles. The molecule has 0 aliphatic carbocycles. The van der Waals surface area contributed by atoms with Gasteiger partial charge in [0.25, 0.3) is 0 Å². The fraction of sp³-hybridized carbons (Fsp3) is 0.688. The number of rotatable bonds is 10. The minimum absolute atomic E-state index is 0.0332. The van der Waals surface area contributed by atoms with Gasteiger partial charge in [-0.15, -0.1) is 0 Å². The van der Waals surface area contributed by atoms with Crippen LogP contribution in [0, 0.1) is 5.92 Å². The van der Waals surface area contributed by atoms with E-state index in [4.69, 9.17) is 0 Å². The van der Waals surface area contributed by atoms with Crippen LogP contribution in [0.3, 0.4) is 0 Å². The molecule has 0 aliphatic heterocycles. The van der Waals surface area contributed by atoms with Crippen molar-refractivity contribution in [3.63, 3.8) is 0 Å². The first-order chi connectivity index (χ1) is 10.6. The average molecular weight is 309 g/mol. The molecule has 6 nitrogen and oxygen atoms in total. The summed E-state index contributed by atoms with van der Waals surface area (Å²) in [6.07, 6.45) is 8.14. The second-order valence-corrected chi connectivity index (χ2v) is 5.32. The van der Waals surface area contributed by atoms with E-state index in [1.54, 1.807) is 17.4 Å². The molecule has 0 spiro atoms. The van der Waals surface area contributed by atoms with Crippen molar-refractivity contribution in [3.05, 3.63) is 18.7 Å². The van der Waals surface area contributed by atoms with Crippen LogP contribution in [0.5, 0.6) is 0 Å². The molecule has 0 bridgehead atoms. The van der Waals surface area contributed by atoms with E-state index in [0.29, 0.717) is 13.1 Å². The molecule has 22 heavy (non-hydrogen) atoms. The molecule has 0 aliphatic rings. The molecule has 6 heteroatoms. The molecule has 0 aromatic carbocycles. The summed E-state index contributed by atoms with van der Waals surface area (Å²) in [7, 11) is 1.37. The molecule has 0 N–H and O–H groups in total. The summed E-state index contributed by atoms with van der Waals surface area (Å²) in [5, 5.41) is 0. The summed E-state index contributed by atoms with van der Waals surface area (Å²) in [5.74, 6) is -0.109. The molecule has 0 fully saturated rings. The molecular weight excluding hydrogens is 282 g/mol. The zero-order chi connectivity index (χ0) is 16.4. The van der Waals surface area contributed by atoms with Crippen molar-refractivity contribution in [3.8, 4) is 0 Å².